The van der Waals surface area contributed by atoms with Crippen molar-refractivity contribution in [1.82, 2.24) is 10.2 Å². The van der Waals surface area contributed by atoms with E-state index in [-0.39, 0.29) is 5.82 Å². The van der Waals surface area contributed by atoms with Crippen LogP contribution in [-0.2, 0) is 6.54 Å². The van der Waals surface area contributed by atoms with Crippen molar-refractivity contribution in [2.45, 2.75) is 6.54 Å². The number of rotatable bonds is 4. The number of hydrogen-bond acceptors (Lipinski definition) is 4. The third kappa shape index (κ3) is 3.28. The molecule has 4 nitrogen and oxygen atoms in total. The van der Waals surface area contributed by atoms with Gasteiger partial charge in [-0.25, -0.2) is 4.39 Å². The molecule has 1 aromatic heterocycles. The highest BCUT2D eigenvalue weighted by atomic mass is 79.9. The second kappa shape index (κ2) is 6.05. The first-order valence-corrected chi connectivity index (χ1v) is 7.06. The molecule has 2 aromatic carbocycles. The Kier molecular flexibility index (Phi) is 3.96. The Hall–Kier alpha value is -2.21. The van der Waals surface area contributed by atoms with Gasteiger partial charge in [0.15, 0.2) is 0 Å². The van der Waals surface area contributed by atoms with Gasteiger partial charge in [0.2, 0.25) is 12.3 Å². The monoisotopic (exact) mass is 347 g/mol. The average Bonchev–Trinajstić information content (AvgIpc) is 3.03. The Morgan fingerprint density at radius 1 is 1.19 bits per heavy atom. The fourth-order valence-corrected chi connectivity index (χ4v) is 2.32. The minimum absolute atomic E-state index is 0.255. The highest BCUT2D eigenvalue weighted by Gasteiger charge is 2.05. The van der Waals surface area contributed by atoms with E-state index >= 15 is 0 Å². The highest BCUT2D eigenvalue weighted by Crippen LogP contribution is 2.22. The topological polar surface area (TPSA) is 51.0 Å². The van der Waals surface area contributed by atoms with E-state index < -0.39 is 0 Å². The molecule has 0 radical (unpaired) electrons. The molecule has 0 aliphatic carbocycles. The van der Waals surface area contributed by atoms with Crippen molar-refractivity contribution in [1.29, 1.82) is 0 Å². The zero-order valence-electron chi connectivity index (χ0n) is 10.9. The molecular formula is C15H11BrFN3O. The van der Waals surface area contributed by atoms with Crippen molar-refractivity contribution in [3.05, 3.63) is 64.7 Å². The molecule has 0 saturated heterocycles. The predicted molar refractivity (Wildman–Crippen MR) is 81.2 cm³/mol. The van der Waals surface area contributed by atoms with Crippen LogP contribution in [0.3, 0.4) is 0 Å². The molecule has 3 aromatic rings. The highest BCUT2D eigenvalue weighted by molar-refractivity contribution is 9.10. The van der Waals surface area contributed by atoms with Crippen LogP contribution in [0.1, 0.15) is 5.56 Å². The van der Waals surface area contributed by atoms with E-state index in [1.165, 1.54) is 18.5 Å². The van der Waals surface area contributed by atoms with E-state index in [1.54, 1.807) is 6.07 Å². The summed E-state index contributed by atoms with van der Waals surface area (Å²) in [6.07, 6.45) is 1.29. The second-order valence-corrected chi connectivity index (χ2v) is 5.27. The SMILES string of the molecule is Fc1ccc(Br)c(CNc2cccc(-c3nnco3)c2)c1. The molecule has 0 aliphatic rings. The molecule has 0 bridgehead atoms. The van der Waals surface area contributed by atoms with Gasteiger partial charge in [0.25, 0.3) is 0 Å². The van der Waals surface area contributed by atoms with Crippen LogP contribution in [0, 0.1) is 5.82 Å². The number of nitrogens with one attached hydrogen (secondary N) is 1. The lowest BCUT2D eigenvalue weighted by molar-refractivity contribution is 0.568. The van der Waals surface area contributed by atoms with Gasteiger partial charge in [-0.3, -0.25) is 0 Å². The number of anilines is 1. The van der Waals surface area contributed by atoms with Crippen LogP contribution in [0.15, 0.2) is 57.7 Å². The fourth-order valence-electron chi connectivity index (χ4n) is 1.94. The molecule has 1 heterocycles. The molecule has 0 fully saturated rings. The maximum absolute atomic E-state index is 13.2. The molecule has 21 heavy (non-hydrogen) atoms. The first-order valence-electron chi connectivity index (χ1n) is 6.27. The van der Waals surface area contributed by atoms with Crippen LogP contribution >= 0.6 is 15.9 Å². The number of halogens is 2. The first kappa shape index (κ1) is 13.8. The van der Waals surface area contributed by atoms with Gasteiger partial charge in [-0.15, -0.1) is 10.2 Å². The summed E-state index contributed by atoms with van der Waals surface area (Å²) in [7, 11) is 0. The third-order valence-corrected chi connectivity index (χ3v) is 3.73. The molecule has 6 heteroatoms. The van der Waals surface area contributed by atoms with E-state index in [0.717, 1.165) is 21.3 Å². The van der Waals surface area contributed by atoms with Gasteiger partial charge < -0.3 is 9.73 Å². The normalized spacial score (nSPS) is 10.6. The molecule has 3 rings (SSSR count). The van der Waals surface area contributed by atoms with Gasteiger partial charge in [0.1, 0.15) is 5.82 Å². The van der Waals surface area contributed by atoms with Crippen molar-refractivity contribution in [2.75, 3.05) is 5.32 Å². The maximum atomic E-state index is 13.2. The molecule has 106 valence electrons. The summed E-state index contributed by atoms with van der Waals surface area (Å²) in [5.41, 5.74) is 2.57. The fraction of sp³-hybridized carbons (Fsp3) is 0.0667. The van der Waals surface area contributed by atoms with Crippen molar-refractivity contribution in [2.24, 2.45) is 0 Å². The Morgan fingerprint density at radius 3 is 2.90 bits per heavy atom. The van der Waals surface area contributed by atoms with Crippen LogP contribution in [-0.4, -0.2) is 10.2 Å². The second-order valence-electron chi connectivity index (χ2n) is 4.41. The summed E-state index contributed by atoms with van der Waals surface area (Å²) >= 11 is 3.41. The predicted octanol–water partition coefficient (Wildman–Crippen LogP) is 4.25. The van der Waals surface area contributed by atoms with E-state index in [0.29, 0.717) is 12.4 Å². The van der Waals surface area contributed by atoms with Crippen molar-refractivity contribution in [3.8, 4) is 11.5 Å². The van der Waals surface area contributed by atoms with E-state index in [2.05, 4.69) is 31.4 Å². The van der Waals surface area contributed by atoms with Crippen molar-refractivity contribution in [3.63, 3.8) is 0 Å². The van der Waals surface area contributed by atoms with Gasteiger partial charge in [-0.05, 0) is 42.0 Å². The molecular weight excluding hydrogens is 337 g/mol. The van der Waals surface area contributed by atoms with Crippen LogP contribution in [0.4, 0.5) is 10.1 Å². The lowest BCUT2D eigenvalue weighted by atomic mass is 10.2. The number of nitrogens with zero attached hydrogens (tertiary/aromatic N) is 2. The molecule has 0 aliphatic heterocycles. The number of benzene rings is 2. The third-order valence-electron chi connectivity index (χ3n) is 2.96. The standard InChI is InChI=1S/C15H11BrFN3O/c16-14-5-4-12(17)6-11(14)8-18-13-3-1-2-10(7-13)15-20-19-9-21-15/h1-7,9,18H,8H2. The summed E-state index contributed by atoms with van der Waals surface area (Å²) in [4.78, 5) is 0. The van der Waals surface area contributed by atoms with Crippen molar-refractivity contribution >= 4 is 21.6 Å². The largest absolute Gasteiger partial charge is 0.423 e. The Labute approximate surface area is 129 Å². The Morgan fingerprint density at radius 2 is 2.10 bits per heavy atom. The molecule has 0 unspecified atom stereocenters. The van der Waals surface area contributed by atoms with Gasteiger partial charge in [-0.2, -0.15) is 0 Å². The van der Waals surface area contributed by atoms with Crippen LogP contribution in [0.25, 0.3) is 11.5 Å². The van der Waals surface area contributed by atoms with E-state index in [9.17, 15) is 4.39 Å². The molecule has 0 atom stereocenters. The summed E-state index contributed by atoms with van der Waals surface area (Å²) in [5.74, 6) is 0.209. The van der Waals surface area contributed by atoms with Gasteiger partial charge in [-0.1, -0.05) is 22.0 Å². The average molecular weight is 348 g/mol. The summed E-state index contributed by atoms with van der Waals surface area (Å²) in [6, 6.07) is 12.2. The molecule has 0 spiro atoms. The minimum atomic E-state index is -0.255. The lowest BCUT2D eigenvalue weighted by Gasteiger charge is -2.09. The Bertz CT molecular complexity index is 746. The van der Waals surface area contributed by atoms with E-state index in [1.807, 2.05) is 24.3 Å². The molecule has 1 N–H and O–H groups in total. The number of hydrogen-bond donors (Lipinski definition) is 1. The minimum Gasteiger partial charge on any atom is -0.423 e. The molecule has 0 amide bonds. The van der Waals surface area contributed by atoms with Gasteiger partial charge >= 0.3 is 0 Å². The van der Waals surface area contributed by atoms with Crippen LogP contribution in [0.2, 0.25) is 0 Å². The van der Waals surface area contributed by atoms with Gasteiger partial charge in [0.05, 0.1) is 0 Å². The quantitative estimate of drug-likeness (QED) is 0.766. The maximum Gasteiger partial charge on any atom is 0.247 e. The summed E-state index contributed by atoms with van der Waals surface area (Å²) < 4.78 is 19.3. The Balaban J connectivity index is 1.76. The zero-order valence-corrected chi connectivity index (χ0v) is 12.5. The zero-order chi connectivity index (χ0) is 14.7. The first-order chi connectivity index (χ1) is 10.2. The molecule has 0 saturated carbocycles. The summed E-state index contributed by atoms with van der Waals surface area (Å²) in [6.45, 7) is 0.506. The summed E-state index contributed by atoms with van der Waals surface area (Å²) in [5, 5.41) is 10.8. The number of aromatic nitrogens is 2. The van der Waals surface area contributed by atoms with Gasteiger partial charge in [0, 0.05) is 22.3 Å². The lowest BCUT2D eigenvalue weighted by Crippen LogP contribution is -2.00. The van der Waals surface area contributed by atoms with Crippen molar-refractivity contribution < 1.29 is 8.81 Å². The van der Waals surface area contributed by atoms with Crippen LogP contribution < -0.4 is 5.32 Å². The van der Waals surface area contributed by atoms with E-state index in [4.69, 9.17) is 4.42 Å². The van der Waals surface area contributed by atoms with Crippen LogP contribution in [0.5, 0.6) is 0 Å². The smallest absolute Gasteiger partial charge is 0.247 e.